The smallest absolute Gasteiger partial charge is 0 e. The van der Waals surface area contributed by atoms with Crippen LogP contribution in [0.2, 0.25) is 0 Å². The third kappa shape index (κ3) is 140. The van der Waals surface area contributed by atoms with Crippen LogP contribution in [0.25, 0.3) is 0 Å². The Kier molecular flexibility index (Phi) is 43.3. The van der Waals surface area contributed by atoms with Crippen molar-refractivity contribution in [2.24, 2.45) is 0 Å². The minimum absolute atomic E-state index is 0. The Morgan fingerprint density at radius 3 is 1.11 bits per heavy atom. The summed E-state index contributed by atoms with van der Waals surface area (Å²) in [6, 6.07) is 0. The predicted molar refractivity (Wildman–Crippen MR) is 26.1 cm³/mol. The van der Waals surface area contributed by atoms with Gasteiger partial charge in [-0.05, 0) is 0 Å². The van der Waals surface area contributed by atoms with Gasteiger partial charge in [-0.1, -0.05) is 0 Å². The van der Waals surface area contributed by atoms with Crippen LogP contribution in [0.3, 0.4) is 0 Å². The van der Waals surface area contributed by atoms with E-state index in [9.17, 15) is 0 Å². The quantitative estimate of drug-likeness (QED) is 0.328. The van der Waals surface area contributed by atoms with Gasteiger partial charge < -0.3 is 20.2 Å². The summed E-state index contributed by atoms with van der Waals surface area (Å²) in [5.41, 5.74) is 0. The van der Waals surface area contributed by atoms with E-state index in [1.54, 1.807) is 0 Å². The second-order valence-electron chi connectivity index (χ2n) is 0.513. The topological polar surface area (TPSA) is 109 Å². The Hall–Kier alpha value is 2.22. The molecule has 0 aliphatic heterocycles. The molecule has 0 unspecified atom stereocenters. The van der Waals surface area contributed by atoms with E-state index in [-0.39, 0.29) is 80.1 Å². The molecular formula is H6FKO5PV. The Bertz CT molecular complexity index is 63.1. The van der Waals surface area contributed by atoms with Crippen molar-refractivity contribution in [2.45, 2.75) is 0 Å². The number of phosphoric acid groups is 1. The number of hydrogen-bond donors (Lipinski definition) is 3. The average Bonchev–Trinajstić information content (AvgIpc) is 0.722. The Labute approximate surface area is 105 Å². The average molecular weight is 226 g/mol. The summed E-state index contributed by atoms with van der Waals surface area (Å²) in [6.45, 7) is 0. The van der Waals surface area contributed by atoms with Crippen molar-refractivity contribution in [3.8, 4) is 0 Å². The van der Waals surface area contributed by atoms with Crippen molar-refractivity contribution in [2.75, 3.05) is 0 Å². The number of halogens is 1. The van der Waals surface area contributed by atoms with Crippen LogP contribution < -0.4 is 0 Å². The van der Waals surface area contributed by atoms with E-state index in [0.717, 1.165) is 0 Å². The summed E-state index contributed by atoms with van der Waals surface area (Å²) in [7, 11) is -4.64. The molecular weight excluding hydrogens is 220 g/mol. The molecule has 2 radical (unpaired) electrons. The monoisotopic (exact) mass is 226 g/mol. The first kappa shape index (κ1) is 30.3. The largest absolute Gasteiger partial charge is 0 e. The van der Waals surface area contributed by atoms with Gasteiger partial charge in [0.05, 0.1) is 0 Å². The Balaban J connectivity index is -0.0000000133. The van der Waals surface area contributed by atoms with Gasteiger partial charge >= 0.3 is 59.2 Å². The van der Waals surface area contributed by atoms with Gasteiger partial charge in [-0.2, -0.15) is 0 Å². The molecule has 0 saturated carbocycles. The number of hydrogen-bond acceptors (Lipinski definition) is 1. The molecule has 0 aromatic rings. The van der Waals surface area contributed by atoms with Crippen LogP contribution in [0.1, 0.15) is 0 Å². The fraction of sp³-hybridized carbons (Fsp3) is 0. The molecule has 9 heavy (non-hydrogen) atoms. The van der Waals surface area contributed by atoms with Crippen molar-refractivity contribution in [3.05, 3.63) is 0 Å². The van der Waals surface area contributed by atoms with E-state index in [1.807, 2.05) is 0 Å². The van der Waals surface area contributed by atoms with Crippen LogP contribution in [0.4, 0.5) is 4.70 Å². The second-order valence-corrected chi connectivity index (χ2v) is 1.54. The van der Waals surface area contributed by atoms with E-state index < -0.39 is 7.82 Å². The molecule has 0 amide bonds. The van der Waals surface area contributed by atoms with Gasteiger partial charge in [-0.25, -0.2) is 4.57 Å². The van der Waals surface area contributed by atoms with Crippen LogP contribution in [0.5, 0.6) is 0 Å². The summed E-state index contributed by atoms with van der Waals surface area (Å²) >= 11 is 0. The van der Waals surface area contributed by atoms with Crippen molar-refractivity contribution in [1.29, 1.82) is 0 Å². The molecule has 0 saturated heterocycles. The summed E-state index contributed by atoms with van der Waals surface area (Å²) in [5, 5.41) is 0. The first-order valence-electron chi connectivity index (χ1n) is 0.783. The fourth-order valence-electron chi connectivity index (χ4n) is 0. The summed E-state index contributed by atoms with van der Waals surface area (Å²) in [5.74, 6) is 0. The van der Waals surface area contributed by atoms with Crippen molar-refractivity contribution >= 4 is 59.2 Å². The Morgan fingerprint density at radius 1 is 1.11 bits per heavy atom. The summed E-state index contributed by atoms with van der Waals surface area (Å²) in [6.07, 6.45) is 0. The standard InChI is InChI=1S/F.K.H3O4P.H2O.V.H/c;;1-5(2,3)4;;;/h;;(H3,1,2,3,4);1H2;;. The second kappa shape index (κ2) is 12.9. The molecule has 54 valence electrons. The zero-order valence-corrected chi connectivity index (χ0v) is 5.81. The summed E-state index contributed by atoms with van der Waals surface area (Å²) < 4.78 is 8.88. The first-order valence-corrected chi connectivity index (χ1v) is 2.35. The van der Waals surface area contributed by atoms with Gasteiger partial charge in [-0.15, -0.1) is 0 Å². The molecule has 0 heterocycles. The van der Waals surface area contributed by atoms with Gasteiger partial charge in [0.2, 0.25) is 0 Å². The third-order valence-electron chi connectivity index (χ3n) is 0. The molecule has 0 atom stereocenters. The van der Waals surface area contributed by atoms with E-state index >= 15 is 0 Å². The van der Waals surface area contributed by atoms with Crippen LogP contribution in [-0.2, 0) is 23.1 Å². The molecule has 0 aliphatic carbocycles. The molecule has 9 heteroatoms. The van der Waals surface area contributed by atoms with Gasteiger partial charge in [-0.3, -0.25) is 0 Å². The molecule has 0 fully saturated rings. The van der Waals surface area contributed by atoms with Crippen molar-refractivity contribution in [1.82, 2.24) is 0 Å². The van der Waals surface area contributed by atoms with Gasteiger partial charge in [0.1, 0.15) is 0 Å². The first-order chi connectivity index (χ1) is 2.00. The van der Waals surface area contributed by atoms with Crippen molar-refractivity contribution in [3.63, 3.8) is 0 Å². The number of rotatable bonds is 0. The van der Waals surface area contributed by atoms with Crippen LogP contribution >= 0.6 is 7.82 Å². The minimum atomic E-state index is -4.64. The van der Waals surface area contributed by atoms with E-state index in [1.165, 1.54) is 0 Å². The van der Waals surface area contributed by atoms with E-state index in [4.69, 9.17) is 19.2 Å². The molecule has 0 aliphatic rings. The third-order valence-corrected chi connectivity index (χ3v) is 0. The molecule has 5 N–H and O–H groups in total. The minimum Gasteiger partial charge on any atom is 0 e. The van der Waals surface area contributed by atoms with Crippen LogP contribution in [-0.4, -0.2) is 71.5 Å². The van der Waals surface area contributed by atoms with Gasteiger partial charge in [0, 0.05) is 23.3 Å². The maximum absolute atomic E-state index is 8.88. The Morgan fingerprint density at radius 2 is 1.11 bits per heavy atom. The zero-order chi connectivity index (χ0) is 4.50. The molecule has 0 spiro atoms. The zero-order valence-electron chi connectivity index (χ0n) is 3.52. The maximum Gasteiger partial charge on any atom is 0 e. The van der Waals surface area contributed by atoms with E-state index in [2.05, 4.69) is 0 Å². The van der Waals surface area contributed by atoms with Crippen LogP contribution in [0.15, 0.2) is 0 Å². The van der Waals surface area contributed by atoms with E-state index in [0.29, 0.717) is 0 Å². The molecule has 0 aromatic carbocycles. The molecule has 0 aromatic heterocycles. The van der Waals surface area contributed by atoms with Crippen LogP contribution in [0, 0.1) is 0 Å². The molecule has 0 bridgehead atoms. The van der Waals surface area contributed by atoms with Gasteiger partial charge in [0.15, 0.2) is 0 Å². The molecule has 5 nitrogen and oxygen atoms in total. The molecule has 0 rings (SSSR count). The van der Waals surface area contributed by atoms with Crippen molar-refractivity contribution < 1.29 is 48.0 Å². The maximum atomic E-state index is 8.88. The fourth-order valence-corrected chi connectivity index (χ4v) is 0. The SMILES string of the molecule is O.O=P(O)(O)O.[F].[KH].[V]. The summed E-state index contributed by atoms with van der Waals surface area (Å²) in [4.78, 5) is 21.6. The normalized spacial score (nSPS) is 6.56. The predicted octanol–water partition coefficient (Wildman–Crippen LogP) is -1.98. The van der Waals surface area contributed by atoms with Gasteiger partial charge in [0.25, 0.3) is 0 Å².